The number of carbonyl (C=O) groups excluding carboxylic acids is 1. The van der Waals surface area contributed by atoms with Gasteiger partial charge in [0.15, 0.2) is 0 Å². The average molecular weight is 405 g/mol. The summed E-state index contributed by atoms with van der Waals surface area (Å²) >= 11 is 3.52. The maximum absolute atomic E-state index is 12.6. The van der Waals surface area contributed by atoms with Gasteiger partial charge < -0.3 is 4.90 Å². The molecule has 1 saturated heterocycles. The fourth-order valence-corrected chi connectivity index (χ4v) is 3.52. The molecule has 1 aliphatic rings. The molecule has 25 heavy (non-hydrogen) atoms. The molecule has 1 aliphatic heterocycles. The van der Waals surface area contributed by atoms with Crippen molar-refractivity contribution in [1.82, 2.24) is 19.6 Å². The van der Waals surface area contributed by atoms with Gasteiger partial charge in [0, 0.05) is 32.7 Å². The van der Waals surface area contributed by atoms with Gasteiger partial charge in [0.25, 0.3) is 0 Å². The summed E-state index contributed by atoms with van der Waals surface area (Å²) in [6.07, 6.45) is 0. The molecule has 0 atom stereocenters. The molecule has 0 aliphatic carbocycles. The molecule has 0 saturated carbocycles. The van der Waals surface area contributed by atoms with Gasteiger partial charge in [-0.15, -0.1) is 0 Å². The largest absolute Gasteiger partial charge is 0.339 e. The van der Waals surface area contributed by atoms with Crippen molar-refractivity contribution in [1.29, 1.82) is 0 Å². The Balaban J connectivity index is 1.54. The molecule has 0 radical (unpaired) electrons. The molecule has 134 valence electrons. The van der Waals surface area contributed by atoms with Crippen molar-refractivity contribution in [2.45, 2.75) is 33.9 Å². The maximum Gasteiger partial charge on any atom is 0.244 e. The van der Waals surface area contributed by atoms with Crippen molar-refractivity contribution in [3.8, 4) is 0 Å². The third-order valence-electron chi connectivity index (χ3n) is 4.96. The fraction of sp³-hybridized carbons (Fsp3) is 0.474. The monoisotopic (exact) mass is 404 g/mol. The Morgan fingerprint density at radius 1 is 1.12 bits per heavy atom. The number of nitrogens with zero attached hydrogens (tertiary/aromatic N) is 4. The van der Waals surface area contributed by atoms with Gasteiger partial charge in [0.1, 0.15) is 6.54 Å². The number of halogens is 1. The van der Waals surface area contributed by atoms with Gasteiger partial charge in [-0.25, -0.2) is 0 Å². The highest BCUT2D eigenvalue weighted by Crippen LogP contribution is 2.20. The van der Waals surface area contributed by atoms with Crippen molar-refractivity contribution in [2.24, 2.45) is 0 Å². The number of benzene rings is 1. The number of carbonyl (C=O) groups is 1. The highest BCUT2D eigenvalue weighted by Gasteiger charge is 2.22. The molecule has 6 heteroatoms. The van der Waals surface area contributed by atoms with Gasteiger partial charge in [-0.05, 0) is 47.8 Å². The normalized spacial score (nSPS) is 15.6. The van der Waals surface area contributed by atoms with E-state index in [1.54, 1.807) is 4.68 Å². The summed E-state index contributed by atoms with van der Waals surface area (Å²) in [5, 5.41) is 4.44. The molecular formula is C19H25BrN4O. The van der Waals surface area contributed by atoms with E-state index in [1.165, 1.54) is 11.1 Å². The molecule has 0 unspecified atom stereocenters. The molecule has 2 aromatic rings. The number of aromatic nitrogens is 2. The Hall–Kier alpha value is -1.66. The van der Waals surface area contributed by atoms with Gasteiger partial charge >= 0.3 is 0 Å². The number of hydrogen-bond donors (Lipinski definition) is 0. The van der Waals surface area contributed by atoms with E-state index in [9.17, 15) is 4.79 Å². The van der Waals surface area contributed by atoms with Crippen LogP contribution in [-0.2, 0) is 17.9 Å². The SMILES string of the molecule is Cc1ccccc1CN1CCN(C(=O)Cn2nc(C)c(Br)c2C)CC1. The van der Waals surface area contributed by atoms with Crippen LogP contribution >= 0.6 is 15.9 Å². The maximum atomic E-state index is 12.6. The summed E-state index contributed by atoms with van der Waals surface area (Å²) in [7, 11) is 0. The quantitative estimate of drug-likeness (QED) is 0.786. The van der Waals surface area contributed by atoms with Crippen LogP contribution in [0.3, 0.4) is 0 Å². The van der Waals surface area contributed by atoms with E-state index >= 15 is 0 Å². The van der Waals surface area contributed by atoms with E-state index in [0.29, 0.717) is 6.54 Å². The molecule has 5 nitrogen and oxygen atoms in total. The predicted molar refractivity (Wildman–Crippen MR) is 102 cm³/mol. The van der Waals surface area contributed by atoms with Crippen molar-refractivity contribution >= 4 is 21.8 Å². The summed E-state index contributed by atoms with van der Waals surface area (Å²) < 4.78 is 2.78. The average Bonchev–Trinajstić information content (AvgIpc) is 2.84. The zero-order chi connectivity index (χ0) is 18.0. The van der Waals surface area contributed by atoms with Crippen LogP contribution in [0.4, 0.5) is 0 Å². The number of amides is 1. The Morgan fingerprint density at radius 2 is 1.80 bits per heavy atom. The van der Waals surface area contributed by atoms with Crippen molar-refractivity contribution in [3.63, 3.8) is 0 Å². The smallest absolute Gasteiger partial charge is 0.244 e. The minimum atomic E-state index is 0.147. The minimum Gasteiger partial charge on any atom is -0.339 e. The van der Waals surface area contributed by atoms with Gasteiger partial charge in [-0.3, -0.25) is 14.4 Å². The Bertz CT molecular complexity index is 763. The van der Waals surface area contributed by atoms with Crippen LogP contribution in [0, 0.1) is 20.8 Å². The summed E-state index contributed by atoms with van der Waals surface area (Å²) in [5.41, 5.74) is 4.63. The summed E-state index contributed by atoms with van der Waals surface area (Å²) in [4.78, 5) is 17.0. The number of aryl methyl sites for hydroxylation is 2. The van der Waals surface area contributed by atoms with E-state index in [0.717, 1.165) is 48.6 Å². The second-order valence-electron chi connectivity index (χ2n) is 6.73. The molecule has 1 amide bonds. The van der Waals surface area contributed by atoms with E-state index in [2.05, 4.69) is 57.1 Å². The number of hydrogen-bond acceptors (Lipinski definition) is 3. The van der Waals surface area contributed by atoms with Gasteiger partial charge in [-0.1, -0.05) is 24.3 Å². The summed E-state index contributed by atoms with van der Waals surface area (Å²) in [6, 6.07) is 8.51. The molecule has 1 aromatic carbocycles. The summed E-state index contributed by atoms with van der Waals surface area (Å²) in [6.45, 7) is 10.8. The molecule has 1 aromatic heterocycles. The van der Waals surface area contributed by atoms with Crippen LogP contribution in [0.5, 0.6) is 0 Å². The lowest BCUT2D eigenvalue weighted by molar-refractivity contribution is -0.133. The zero-order valence-electron chi connectivity index (χ0n) is 15.1. The van der Waals surface area contributed by atoms with E-state index in [1.807, 2.05) is 18.7 Å². The highest BCUT2D eigenvalue weighted by molar-refractivity contribution is 9.10. The van der Waals surface area contributed by atoms with Gasteiger partial charge in [-0.2, -0.15) is 5.10 Å². The Labute approximate surface area is 157 Å². The molecule has 2 heterocycles. The van der Waals surface area contributed by atoms with Crippen LogP contribution in [-0.4, -0.2) is 51.7 Å². The molecule has 3 rings (SSSR count). The lowest BCUT2D eigenvalue weighted by Gasteiger charge is -2.35. The second kappa shape index (κ2) is 7.70. The first-order valence-corrected chi connectivity index (χ1v) is 9.49. The van der Waals surface area contributed by atoms with Crippen molar-refractivity contribution < 1.29 is 4.79 Å². The topological polar surface area (TPSA) is 41.4 Å². The molecular weight excluding hydrogens is 380 g/mol. The minimum absolute atomic E-state index is 0.147. The van der Waals surface area contributed by atoms with E-state index in [-0.39, 0.29) is 5.91 Å². The first kappa shape index (κ1) is 18.1. The Morgan fingerprint density at radius 3 is 2.40 bits per heavy atom. The van der Waals surface area contributed by atoms with Gasteiger partial charge in [0.2, 0.25) is 5.91 Å². The fourth-order valence-electron chi connectivity index (χ4n) is 3.24. The standard InChI is InChI=1S/C19H25BrN4O/c1-14-6-4-5-7-17(14)12-22-8-10-23(11-9-22)18(25)13-24-16(3)19(20)15(2)21-24/h4-7H,8-13H2,1-3H3. The van der Waals surface area contributed by atoms with Crippen LogP contribution < -0.4 is 0 Å². The lowest BCUT2D eigenvalue weighted by Crippen LogP contribution is -2.49. The zero-order valence-corrected chi connectivity index (χ0v) is 16.7. The molecule has 0 spiro atoms. The molecule has 1 fully saturated rings. The van der Waals surface area contributed by atoms with E-state index < -0.39 is 0 Å². The lowest BCUT2D eigenvalue weighted by atomic mass is 10.1. The number of piperazine rings is 1. The van der Waals surface area contributed by atoms with Crippen LogP contribution in [0.15, 0.2) is 28.7 Å². The van der Waals surface area contributed by atoms with Crippen molar-refractivity contribution in [2.75, 3.05) is 26.2 Å². The van der Waals surface area contributed by atoms with Gasteiger partial charge in [0.05, 0.1) is 15.9 Å². The first-order valence-electron chi connectivity index (χ1n) is 8.70. The Kier molecular flexibility index (Phi) is 5.59. The first-order chi connectivity index (χ1) is 12.0. The second-order valence-corrected chi connectivity index (χ2v) is 7.52. The number of rotatable bonds is 4. The third-order valence-corrected chi connectivity index (χ3v) is 6.11. The van der Waals surface area contributed by atoms with Crippen LogP contribution in [0.2, 0.25) is 0 Å². The van der Waals surface area contributed by atoms with Crippen LogP contribution in [0.1, 0.15) is 22.5 Å². The molecule has 0 N–H and O–H groups in total. The third kappa shape index (κ3) is 4.12. The molecule has 0 bridgehead atoms. The highest BCUT2D eigenvalue weighted by atomic mass is 79.9. The van der Waals surface area contributed by atoms with E-state index in [4.69, 9.17) is 0 Å². The van der Waals surface area contributed by atoms with Crippen molar-refractivity contribution in [3.05, 3.63) is 51.3 Å². The predicted octanol–water partition coefficient (Wildman–Crippen LogP) is 2.92. The van der Waals surface area contributed by atoms with Crippen LogP contribution in [0.25, 0.3) is 0 Å². The summed E-state index contributed by atoms with van der Waals surface area (Å²) in [5.74, 6) is 0.147.